The minimum absolute atomic E-state index is 0.154. The van der Waals surface area contributed by atoms with E-state index in [-0.39, 0.29) is 16.9 Å². The van der Waals surface area contributed by atoms with Crippen molar-refractivity contribution in [3.05, 3.63) is 105 Å². The first kappa shape index (κ1) is 22.2. The summed E-state index contributed by atoms with van der Waals surface area (Å²) < 4.78 is 5.94. The topological polar surface area (TPSA) is 105 Å². The first-order valence-electron chi connectivity index (χ1n) is 9.83. The number of anilines is 1. The highest BCUT2D eigenvalue weighted by Gasteiger charge is 2.13. The zero-order valence-corrected chi connectivity index (χ0v) is 17.7. The van der Waals surface area contributed by atoms with Crippen LogP contribution >= 0.6 is 0 Å². The third-order valence-electron chi connectivity index (χ3n) is 4.86. The van der Waals surface area contributed by atoms with E-state index in [4.69, 9.17) is 4.74 Å². The van der Waals surface area contributed by atoms with Crippen LogP contribution in [0.4, 0.5) is 11.4 Å². The standard InChI is InChI=1S/C25H21N3O4/c1-17-10-11-19(12-18(17)2)16-32-24-9-4-3-6-20(24)13-21(15-26)25(29)27-22-7-5-8-23(14-22)28(30)31/h3-14H,16H2,1-2H3,(H,27,29)/b21-13+. The molecule has 0 aliphatic rings. The van der Waals surface area contributed by atoms with Crippen LogP contribution in [0.5, 0.6) is 5.75 Å². The van der Waals surface area contributed by atoms with Crippen LogP contribution in [-0.2, 0) is 11.4 Å². The monoisotopic (exact) mass is 427 g/mol. The fourth-order valence-corrected chi connectivity index (χ4v) is 2.99. The highest BCUT2D eigenvalue weighted by molar-refractivity contribution is 6.09. The van der Waals surface area contributed by atoms with Crippen molar-refractivity contribution in [3.63, 3.8) is 0 Å². The molecule has 0 saturated carbocycles. The van der Waals surface area contributed by atoms with E-state index in [1.54, 1.807) is 18.2 Å². The van der Waals surface area contributed by atoms with E-state index in [1.165, 1.54) is 41.5 Å². The molecule has 0 spiro atoms. The lowest BCUT2D eigenvalue weighted by Gasteiger charge is -2.11. The Morgan fingerprint density at radius 1 is 1.09 bits per heavy atom. The molecular weight excluding hydrogens is 406 g/mol. The minimum atomic E-state index is -0.669. The van der Waals surface area contributed by atoms with Crippen LogP contribution in [-0.4, -0.2) is 10.8 Å². The Bertz CT molecular complexity index is 1240. The maximum atomic E-state index is 12.6. The molecule has 32 heavy (non-hydrogen) atoms. The molecule has 3 aromatic rings. The second-order valence-electron chi connectivity index (χ2n) is 7.18. The summed E-state index contributed by atoms with van der Waals surface area (Å²) >= 11 is 0. The summed E-state index contributed by atoms with van der Waals surface area (Å²) in [6.07, 6.45) is 1.43. The van der Waals surface area contributed by atoms with E-state index in [2.05, 4.69) is 11.4 Å². The number of rotatable bonds is 7. The van der Waals surface area contributed by atoms with Crippen LogP contribution in [0.3, 0.4) is 0 Å². The van der Waals surface area contributed by atoms with Gasteiger partial charge in [0, 0.05) is 23.4 Å². The molecule has 0 bridgehead atoms. The van der Waals surface area contributed by atoms with Crippen LogP contribution in [0.2, 0.25) is 0 Å². The van der Waals surface area contributed by atoms with Gasteiger partial charge in [0.2, 0.25) is 0 Å². The van der Waals surface area contributed by atoms with Gasteiger partial charge in [0.15, 0.2) is 0 Å². The smallest absolute Gasteiger partial charge is 0.271 e. The number of amides is 1. The molecule has 0 saturated heterocycles. The number of hydrogen-bond acceptors (Lipinski definition) is 5. The van der Waals surface area contributed by atoms with Crippen LogP contribution in [0.15, 0.2) is 72.3 Å². The van der Waals surface area contributed by atoms with E-state index >= 15 is 0 Å². The number of aryl methyl sites for hydroxylation is 2. The van der Waals surface area contributed by atoms with Crippen molar-refractivity contribution in [2.24, 2.45) is 0 Å². The van der Waals surface area contributed by atoms with Gasteiger partial charge in [-0.1, -0.05) is 42.5 Å². The molecule has 0 fully saturated rings. The maximum absolute atomic E-state index is 12.6. The lowest BCUT2D eigenvalue weighted by Crippen LogP contribution is -2.13. The first-order valence-corrected chi connectivity index (χ1v) is 9.83. The van der Waals surface area contributed by atoms with Crippen molar-refractivity contribution >= 4 is 23.4 Å². The third-order valence-corrected chi connectivity index (χ3v) is 4.86. The van der Waals surface area contributed by atoms with Crippen molar-refractivity contribution < 1.29 is 14.5 Å². The van der Waals surface area contributed by atoms with Crippen molar-refractivity contribution in [2.75, 3.05) is 5.32 Å². The van der Waals surface area contributed by atoms with Gasteiger partial charge < -0.3 is 10.1 Å². The summed E-state index contributed by atoms with van der Waals surface area (Å²) in [6, 6.07) is 20.6. The predicted octanol–water partition coefficient (Wildman–Crippen LogP) is 5.34. The van der Waals surface area contributed by atoms with Crippen LogP contribution in [0.25, 0.3) is 6.08 Å². The molecule has 0 aliphatic heterocycles. The minimum Gasteiger partial charge on any atom is -0.488 e. The Kier molecular flexibility index (Phi) is 6.99. The average molecular weight is 427 g/mol. The molecule has 3 aromatic carbocycles. The first-order chi connectivity index (χ1) is 15.4. The molecule has 0 unspecified atom stereocenters. The summed E-state index contributed by atoms with van der Waals surface area (Å²) in [7, 11) is 0. The highest BCUT2D eigenvalue weighted by atomic mass is 16.6. The molecule has 160 valence electrons. The number of carbonyl (C=O) groups excluding carboxylic acids is 1. The highest BCUT2D eigenvalue weighted by Crippen LogP contribution is 2.24. The van der Waals surface area contributed by atoms with Gasteiger partial charge in [0.1, 0.15) is 24.0 Å². The van der Waals surface area contributed by atoms with Crippen LogP contribution in [0.1, 0.15) is 22.3 Å². The fraction of sp³-hybridized carbons (Fsp3) is 0.120. The number of nitro groups is 1. The van der Waals surface area contributed by atoms with Gasteiger partial charge >= 0.3 is 0 Å². The molecule has 0 radical (unpaired) electrons. The fourth-order valence-electron chi connectivity index (χ4n) is 2.99. The van der Waals surface area contributed by atoms with E-state index in [9.17, 15) is 20.2 Å². The number of non-ortho nitro benzene ring substituents is 1. The zero-order chi connectivity index (χ0) is 23.1. The summed E-state index contributed by atoms with van der Waals surface area (Å²) in [4.78, 5) is 22.9. The molecule has 1 N–H and O–H groups in total. The van der Waals surface area contributed by atoms with Gasteiger partial charge in [-0.3, -0.25) is 14.9 Å². The number of nitro benzene ring substituents is 1. The summed E-state index contributed by atoms with van der Waals surface area (Å²) in [5, 5.41) is 23.0. The van der Waals surface area contributed by atoms with E-state index < -0.39 is 10.8 Å². The van der Waals surface area contributed by atoms with Gasteiger partial charge in [0.05, 0.1) is 4.92 Å². The second-order valence-corrected chi connectivity index (χ2v) is 7.18. The Hall–Kier alpha value is -4.44. The summed E-state index contributed by atoms with van der Waals surface area (Å²) in [5.41, 5.74) is 3.87. The molecule has 0 aliphatic carbocycles. The van der Waals surface area contributed by atoms with E-state index in [0.29, 0.717) is 17.9 Å². The van der Waals surface area contributed by atoms with Crippen molar-refractivity contribution in [1.29, 1.82) is 5.26 Å². The largest absolute Gasteiger partial charge is 0.488 e. The van der Waals surface area contributed by atoms with Gasteiger partial charge in [0.25, 0.3) is 11.6 Å². The number of nitriles is 1. The van der Waals surface area contributed by atoms with Crippen molar-refractivity contribution in [1.82, 2.24) is 0 Å². The molecule has 0 atom stereocenters. The molecule has 0 heterocycles. The molecule has 3 rings (SSSR count). The summed E-state index contributed by atoms with van der Waals surface area (Å²) in [6.45, 7) is 4.42. The second kappa shape index (κ2) is 10.0. The van der Waals surface area contributed by atoms with E-state index in [1.807, 2.05) is 38.1 Å². The quantitative estimate of drug-likeness (QED) is 0.237. The van der Waals surface area contributed by atoms with Crippen molar-refractivity contribution in [2.45, 2.75) is 20.5 Å². The number of para-hydroxylation sites is 1. The summed E-state index contributed by atoms with van der Waals surface area (Å²) in [5.74, 6) is -0.140. The van der Waals surface area contributed by atoms with Crippen LogP contribution < -0.4 is 10.1 Å². The Balaban J connectivity index is 1.79. The SMILES string of the molecule is Cc1ccc(COc2ccccc2/C=C(\C#N)C(=O)Nc2cccc([N+](=O)[O-])c2)cc1C. The average Bonchev–Trinajstić information content (AvgIpc) is 2.79. The number of hydrogen-bond donors (Lipinski definition) is 1. The molecule has 7 nitrogen and oxygen atoms in total. The lowest BCUT2D eigenvalue weighted by molar-refractivity contribution is -0.384. The number of nitrogens with one attached hydrogen (secondary N) is 1. The molecule has 0 aromatic heterocycles. The maximum Gasteiger partial charge on any atom is 0.271 e. The van der Waals surface area contributed by atoms with Crippen molar-refractivity contribution in [3.8, 4) is 11.8 Å². The number of carbonyl (C=O) groups is 1. The van der Waals surface area contributed by atoms with Gasteiger partial charge in [-0.15, -0.1) is 0 Å². The van der Waals surface area contributed by atoms with Gasteiger partial charge in [-0.25, -0.2) is 0 Å². The lowest BCUT2D eigenvalue weighted by atomic mass is 10.1. The third kappa shape index (κ3) is 5.58. The number of nitrogens with zero attached hydrogens (tertiary/aromatic N) is 2. The number of ether oxygens (including phenoxy) is 1. The van der Waals surface area contributed by atoms with E-state index in [0.717, 1.165) is 5.56 Å². The Labute approximate surface area is 185 Å². The predicted molar refractivity (Wildman–Crippen MR) is 122 cm³/mol. The molecular formula is C25H21N3O4. The van der Waals surface area contributed by atoms with Crippen LogP contribution in [0, 0.1) is 35.3 Å². The Morgan fingerprint density at radius 3 is 2.59 bits per heavy atom. The number of benzene rings is 3. The molecule has 7 heteroatoms. The normalized spacial score (nSPS) is 10.8. The van der Waals surface area contributed by atoms with Gasteiger partial charge in [-0.05, 0) is 48.7 Å². The van der Waals surface area contributed by atoms with Gasteiger partial charge in [-0.2, -0.15) is 5.26 Å². The Morgan fingerprint density at radius 2 is 1.88 bits per heavy atom. The molecule has 1 amide bonds. The zero-order valence-electron chi connectivity index (χ0n) is 17.7.